The lowest BCUT2D eigenvalue weighted by Gasteiger charge is -2.12. The number of ether oxygens (including phenoxy) is 2. The number of nitrogens with zero attached hydrogens (tertiary/aromatic N) is 1. The summed E-state index contributed by atoms with van der Waals surface area (Å²) in [5, 5.41) is 10.6. The summed E-state index contributed by atoms with van der Waals surface area (Å²) in [6, 6.07) is 5.26. The first-order valence-electron chi connectivity index (χ1n) is 6.62. The number of benzene rings is 1. The van der Waals surface area contributed by atoms with Crippen LogP contribution in [0.4, 0.5) is 0 Å². The molecule has 5 heteroatoms. The first-order chi connectivity index (χ1) is 9.60. The van der Waals surface area contributed by atoms with E-state index >= 15 is 0 Å². The molecule has 5 nitrogen and oxygen atoms in total. The van der Waals surface area contributed by atoms with Gasteiger partial charge in [0.1, 0.15) is 5.75 Å². The average Bonchev–Trinajstić information content (AvgIpc) is 2.46. The number of hydrogen-bond donors (Lipinski definition) is 1. The number of aryl methyl sites for hydroxylation is 1. The predicted molar refractivity (Wildman–Crippen MR) is 77.8 cm³/mol. The Kier molecular flexibility index (Phi) is 4.17. The molecule has 1 N–H and O–H groups in total. The summed E-state index contributed by atoms with van der Waals surface area (Å²) in [7, 11) is 3.01. The van der Waals surface area contributed by atoms with Gasteiger partial charge in [-0.05, 0) is 18.6 Å². The van der Waals surface area contributed by atoms with Gasteiger partial charge >= 0.3 is 0 Å². The highest BCUT2D eigenvalue weighted by atomic mass is 16.5. The summed E-state index contributed by atoms with van der Waals surface area (Å²) in [5.74, 6) is 0.510. The molecule has 1 aromatic heterocycles. The van der Waals surface area contributed by atoms with Crippen LogP contribution in [0.1, 0.15) is 19.8 Å². The fraction of sp³-hybridized carbons (Fsp3) is 0.400. The van der Waals surface area contributed by atoms with Gasteiger partial charge in [-0.1, -0.05) is 13.3 Å². The van der Waals surface area contributed by atoms with Gasteiger partial charge in [0, 0.05) is 18.5 Å². The van der Waals surface area contributed by atoms with E-state index in [0.29, 0.717) is 23.3 Å². The van der Waals surface area contributed by atoms with Crippen LogP contribution in [-0.4, -0.2) is 23.4 Å². The van der Waals surface area contributed by atoms with Crippen molar-refractivity contribution in [3.63, 3.8) is 0 Å². The molecule has 0 aliphatic carbocycles. The molecule has 0 spiro atoms. The van der Waals surface area contributed by atoms with Crippen LogP contribution in [0.2, 0.25) is 0 Å². The molecule has 20 heavy (non-hydrogen) atoms. The van der Waals surface area contributed by atoms with Gasteiger partial charge in [-0.15, -0.1) is 0 Å². The van der Waals surface area contributed by atoms with E-state index in [9.17, 15) is 9.90 Å². The Morgan fingerprint density at radius 1 is 1.35 bits per heavy atom. The van der Waals surface area contributed by atoms with E-state index in [-0.39, 0.29) is 17.1 Å². The van der Waals surface area contributed by atoms with E-state index < -0.39 is 0 Å². The number of methoxy groups -OCH3 is 1. The van der Waals surface area contributed by atoms with Crippen LogP contribution in [0.25, 0.3) is 10.9 Å². The maximum absolute atomic E-state index is 12.0. The molecule has 0 aliphatic heterocycles. The molecule has 0 saturated carbocycles. The number of fused-ring (bicyclic) bond motifs is 1. The summed E-state index contributed by atoms with van der Waals surface area (Å²) < 4.78 is 12.0. The highest BCUT2D eigenvalue weighted by Gasteiger charge is 2.15. The van der Waals surface area contributed by atoms with Gasteiger partial charge in [0.15, 0.2) is 5.75 Å². The molecule has 1 heterocycles. The molecule has 2 rings (SSSR count). The molecule has 0 aliphatic rings. The topological polar surface area (TPSA) is 60.7 Å². The molecule has 0 fully saturated rings. The van der Waals surface area contributed by atoms with Crippen LogP contribution in [0.15, 0.2) is 23.0 Å². The van der Waals surface area contributed by atoms with Gasteiger partial charge in [-0.25, -0.2) is 0 Å². The van der Waals surface area contributed by atoms with Crippen LogP contribution < -0.4 is 15.0 Å². The normalized spacial score (nSPS) is 10.8. The quantitative estimate of drug-likeness (QED) is 0.853. The average molecular weight is 277 g/mol. The molecule has 0 amide bonds. The fourth-order valence-corrected chi connectivity index (χ4v) is 2.08. The summed E-state index contributed by atoms with van der Waals surface area (Å²) in [6.45, 7) is 2.73. The smallest absolute Gasteiger partial charge is 0.297 e. The maximum atomic E-state index is 12.0. The Bertz CT molecular complexity index is 676. The van der Waals surface area contributed by atoms with Gasteiger partial charge in [0.2, 0.25) is 5.75 Å². The third kappa shape index (κ3) is 2.43. The zero-order valence-corrected chi connectivity index (χ0v) is 12.0. The molecular formula is C15H19NO4. The Hall–Kier alpha value is -2.17. The summed E-state index contributed by atoms with van der Waals surface area (Å²) in [6.07, 6.45) is 2.04. The van der Waals surface area contributed by atoms with Gasteiger partial charge in [0.25, 0.3) is 5.56 Å². The lowest BCUT2D eigenvalue weighted by atomic mass is 10.1. The number of aromatic nitrogens is 1. The summed E-state index contributed by atoms with van der Waals surface area (Å²) in [5.41, 5.74) is 0.241. The third-order valence-electron chi connectivity index (χ3n) is 3.27. The zero-order chi connectivity index (χ0) is 14.7. The number of pyridine rings is 1. The minimum Gasteiger partial charge on any atom is -0.504 e. The number of unbranched alkanes of at least 4 members (excludes halogenated alkanes) is 1. The van der Waals surface area contributed by atoms with Gasteiger partial charge < -0.3 is 19.1 Å². The highest BCUT2D eigenvalue weighted by Crippen LogP contribution is 2.32. The molecular weight excluding hydrogens is 258 g/mol. The Balaban J connectivity index is 2.53. The second kappa shape index (κ2) is 5.86. The molecule has 0 atom stereocenters. The minimum absolute atomic E-state index is 0.0420. The Morgan fingerprint density at radius 3 is 2.75 bits per heavy atom. The van der Waals surface area contributed by atoms with Crippen LogP contribution in [-0.2, 0) is 7.05 Å². The SMILES string of the molecule is CCCCOc1ccc2c(O)c(OC)c(=O)n(C)c2c1. The molecule has 0 saturated heterocycles. The van der Waals surface area contributed by atoms with Crippen molar-refractivity contribution in [1.82, 2.24) is 4.57 Å². The van der Waals surface area contributed by atoms with Crippen molar-refractivity contribution in [3.8, 4) is 17.2 Å². The Morgan fingerprint density at radius 2 is 2.10 bits per heavy atom. The van der Waals surface area contributed by atoms with Gasteiger partial charge in [0.05, 0.1) is 19.2 Å². The first kappa shape index (κ1) is 14.2. The standard InChI is InChI=1S/C15H19NO4/c1-4-5-8-20-10-6-7-11-12(9-10)16(2)15(18)14(19-3)13(11)17/h6-7,9,17H,4-5,8H2,1-3H3. The number of rotatable bonds is 5. The lowest BCUT2D eigenvalue weighted by molar-refractivity contribution is 0.309. The van der Waals surface area contributed by atoms with E-state index in [1.807, 2.05) is 0 Å². The molecule has 0 unspecified atom stereocenters. The monoisotopic (exact) mass is 277 g/mol. The number of hydrogen-bond acceptors (Lipinski definition) is 4. The van der Waals surface area contributed by atoms with E-state index in [0.717, 1.165) is 12.8 Å². The van der Waals surface area contributed by atoms with E-state index in [4.69, 9.17) is 9.47 Å². The highest BCUT2D eigenvalue weighted by molar-refractivity contribution is 5.88. The summed E-state index contributed by atoms with van der Waals surface area (Å²) >= 11 is 0. The molecule has 108 valence electrons. The van der Waals surface area contributed by atoms with Crippen LogP contribution in [0, 0.1) is 0 Å². The summed E-state index contributed by atoms with van der Waals surface area (Å²) in [4.78, 5) is 12.0. The predicted octanol–water partition coefficient (Wildman–Crippen LogP) is 2.43. The van der Waals surface area contributed by atoms with E-state index in [1.54, 1.807) is 25.2 Å². The third-order valence-corrected chi connectivity index (χ3v) is 3.27. The molecule has 0 bridgehead atoms. The second-order valence-corrected chi connectivity index (χ2v) is 4.63. The van der Waals surface area contributed by atoms with Crippen molar-refractivity contribution < 1.29 is 14.6 Å². The van der Waals surface area contributed by atoms with Crippen molar-refractivity contribution in [2.45, 2.75) is 19.8 Å². The van der Waals surface area contributed by atoms with Crippen LogP contribution >= 0.6 is 0 Å². The van der Waals surface area contributed by atoms with Crippen molar-refractivity contribution in [3.05, 3.63) is 28.6 Å². The number of aromatic hydroxyl groups is 1. The van der Waals surface area contributed by atoms with Crippen molar-refractivity contribution >= 4 is 10.9 Å². The largest absolute Gasteiger partial charge is 0.504 e. The Labute approximate surface area is 117 Å². The zero-order valence-electron chi connectivity index (χ0n) is 12.0. The van der Waals surface area contributed by atoms with Crippen LogP contribution in [0.5, 0.6) is 17.2 Å². The van der Waals surface area contributed by atoms with Crippen molar-refractivity contribution in [2.75, 3.05) is 13.7 Å². The minimum atomic E-state index is -0.372. The van der Waals surface area contributed by atoms with E-state index in [1.165, 1.54) is 11.7 Å². The molecule has 2 aromatic rings. The van der Waals surface area contributed by atoms with Gasteiger partial charge in [-0.2, -0.15) is 0 Å². The molecule has 0 radical (unpaired) electrons. The second-order valence-electron chi connectivity index (χ2n) is 4.63. The molecule has 1 aromatic carbocycles. The van der Waals surface area contributed by atoms with E-state index in [2.05, 4.69) is 6.92 Å². The first-order valence-corrected chi connectivity index (χ1v) is 6.62. The fourth-order valence-electron chi connectivity index (χ4n) is 2.08. The van der Waals surface area contributed by atoms with Crippen LogP contribution in [0.3, 0.4) is 0 Å². The van der Waals surface area contributed by atoms with Crippen molar-refractivity contribution in [2.24, 2.45) is 7.05 Å². The maximum Gasteiger partial charge on any atom is 0.297 e. The van der Waals surface area contributed by atoms with Crippen molar-refractivity contribution in [1.29, 1.82) is 0 Å². The van der Waals surface area contributed by atoms with Gasteiger partial charge in [-0.3, -0.25) is 4.79 Å². The lowest BCUT2D eigenvalue weighted by Crippen LogP contribution is -2.18.